The third-order valence-corrected chi connectivity index (χ3v) is 2.29. The highest BCUT2D eigenvalue weighted by molar-refractivity contribution is 5.83. The molecule has 0 unspecified atom stereocenters. The van der Waals surface area contributed by atoms with Crippen molar-refractivity contribution in [3.8, 4) is 11.5 Å². The van der Waals surface area contributed by atoms with Crippen LogP contribution in [0, 0.1) is 10.1 Å². The Hall–Kier alpha value is -2.35. The van der Waals surface area contributed by atoms with Crippen molar-refractivity contribution in [2.75, 3.05) is 26.9 Å². The Kier molecular flexibility index (Phi) is 6.24. The summed E-state index contributed by atoms with van der Waals surface area (Å²) in [5, 5.41) is 23.5. The Labute approximate surface area is 116 Å². The molecule has 1 aromatic rings. The Morgan fingerprint density at radius 2 is 2.30 bits per heavy atom. The highest BCUT2D eigenvalue weighted by Gasteiger charge is 2.21. The number of nitro benzene ring substituents is 1. The number of hydrogen-bond acceptors (Lipinski definition) is 7. The van der Waals surface area contributed by atoms with E-state index in [1.807, 2.05) is 0 Å². The lowest BCUT2D eigenvalue weighted by molar-refractivity contribution is -0.385. The van der Waals surface area contributed by atoms with Gasteiger partial charge in [-0.2, -0.15) is 5.10 Å². The predicted molar refractivity (Wildman–Crippen MR) is 73.5 cm³/mol. The number of methoxy groups -OCH3 is 1. The molecule has 0 aliphatic rings. The second kappa shape index (κ2) is 7.95. The maximum absolute atomic E-state index is 11.1. The molecule has 2 N–H and O–H groups in total. The van der Waals surface area contributed by atoms with Crippen molar-refractivity contribution in [2.45, 2.75) is 6.92 Å². The lowest BCUT2D eigenvalue weighted by Gasteiger charge is -2.10. The van der Waals surface area contributed by atoms with Gasteiger partial charge in [0.15, 0.2) is 5.75 Å². The normalized spacial score (nSPS) is 10.6. The van der Waals surface area contributed by atoms with Crippen LogP contribution in [0.15, 0.2) is 17.2 Å². The van der Waals surface area contributed by atoms with E-state index in [0.29, 0.717) is 18.7 Å². The zero-order valence-electron chi connectivity index (χ0n) is 11.3. The molecule has 1 aromatic carbocycles. The molecule has 110 valence electrons. The van der Waals surface area contributed by atoms with Crippen LogP contribution in [0.3, 0.4) is 0 Å². The van der Waals surface area contributed by atoms with Crippen LogP contribution in [0.4, 0.5) is 5.69 Å². The molecule has 0 aliphatic carbocycles. The molecular weight excluding hydrogens is 266 g/mol. The molecule has 0 atom stereocenters. The van der Waals surface area contributed by atoms with Gasteiger partial charge in [0.05, 0.1) is 38.0 Å². The zero-order valence-corrected chi connectivity index (χ0v) is 11.3. The van der Waals surface area contributed by atoms with Gasteiger partial charge in [-0.05, 0) is 13.0 Å². The summed E-state index contributed by atoms with van der Waals surface area (Å²) in [5.74, 6) is 0.366. The van der Waals surface area contributed by atoms with Crippen LogP contribution in [0.5, 0.6) is 11.5 Å². The van der Waals surface area contributed by atoms with Gasteiger partial charge in [0, 0.05) is 11.6 Å². The first kappa shape index (κ1) is 15.7. The number of aliphatic hydroxyl groups is 1. The summed E-state index contributed by atoms with van der Waals surface area (Å²) >= 11 is 0. The van der Waals surface area contributed by atoms with Gasteiger partial charge in [-0.25, -0.2) is 0 Å². The average Bonchev–Trinajstić information content (AvgIpc) is 2.44. The summed E-state index contributed by atoms with van der Waals surface area (Å²) in [4.78, 5) is 10.5. The molecule has 20 heavy (non-hydrogen) atoms. The molecule has 8 nitrogen and oxygen atoms in total. The van der Waals surface area contributed by atoms with E-state index in [9.17, 15) is 10.1 Å². The smallest absolute Gasteiger partial charge is 0.315 e. The summed E-state index contributed by atoms with van der Waals surface area (Å²) in [6.07, 6.45) is 1.40. The molecule has 0 heterocycles. The predicted octanol–water partition coefficient (Wildman–Crippen LogP) is 0.918. The lowest BCUT2D eigenvalue weighted by Crippen LogP contribution is -2.11. The maximum atomic E-state index is 11.1. The van der Waals surface area contributed by atoms with Gasteiger partial charge in [0.1, 0.15) is 0 Å². The number of hydrazone groups is 1. The van der Waals surface area contributed by atoms with Gasteiger partial charge in [-0.3, -0.25) is 10.1 Å². The third-order valence-electron chi connectivity index (χ3n) is 2.29. The van der Waals surface area contributed by atoms with Crippen LogP contribution in [0.1, 0.15) is 12.5 Å². The monoisotopic (exact) mass is 283 g/mol. The summed E-state index contributed by atoms with van der Waals surface area (Å²) in [7, 11) is 1.41. The average molecular weight is 283 g/mol. The number of benzene rings is 1. The van der Waals surface area contributed by atoms with E-state index < -0.39 is 4.92 Å². The molecule has 0 bridgehead atoms. The van der Waals surface area contributed by atoms with E-state index in [-0.39, 0.29) is 23.8 Å². The molecular formula is C12H17N3O5. The standard InChI is InChI=1S/C12H17N3O5/c1-3-20-12-10(15(17)18)6-9(7-11(12)19-2)8-14-13-4-5-16/h6-8,13,16H,3-5H2,1-2H3. The summed E-state index contributed by atoms with van der Waals surface area (Å²) in [6.45, 7) is 2.27. The second-order valence-corrected chi connectivity index (χ2v) is 3.65. The van der Waals surface area contributed by atoms with Crippen molar-refractivity contribution >= 4 is 11.9 Å². The molecule has 0 fully saturated rings. The highest BCUT2D eigenvalue weighted by Crippen LogP contribution is 2.37. The van der Waals surface area contributed by atoms with Crippen molar-refractivity contribution in [1.29, 1.82) is 0 Å². The molecule has 0 amide bonds. The Balaban J connectivity index is 3.12. The quantitative estimate of drug-likeness (QED) is 0.318. The summed E-state index contributed by atoms with van der Waals surface area (Å²) in [6, 6.07) is 2.93. The minimum absolute atomic E-state index is 0.0515. The molecule has 0 radical (unpaired) electrons. The van der Waals surface area contributed by atoms with E-state index in [0.717, 1.165) is 0 Å². The Morgan fingerprint density at radius 1 is 1.55 bits per heavy atom. The first-order valence-electron chi connectivity index (χ1n) is 6.00. The van der Waals surface area contributed by atoms with E-state index in [1.165, 1.54) is 19.4 Å². The van der Waals surface area contributed by atoms with Gasteiger partial charge in [-0.15, -0.1) is 0 Å². The molecule has 0 saturated carbocycles. The van der Waals surface area contributed by atoms with Crippen LogP contribution < -0.4 is 14.9 Å². The number of rotatable bonds is 8. The first-order valence-corrected chi connectivity index (χ1v) is 6.00. The van der Waals surface area contributed by atoms with Crippen molar-refractivity contribution < 1.29 is 19.5 Å². The van der Waals surface area contributed by atoms with Crippen LogP contribution in [0.25, 0.3) is 0 Å². The summed E-state index contributed by atoms with van der Waals surface area (Å²) in [5.41, 5.74) is 2.89. The maximum Gasteiger partial charge on any atom is 0.315 e. The number of ether oxygens (including phenoxy) is 2. The number of hydrogen-bond donors (Lipinski definition) is 2. The fourth-order valence-electron chi connectivity index (χ4n) is 1.49. The minimum atomic E-state index is -0.536. The number of nitro groups is 1. The fraction of sp³-hybridized carbons (Fsp3) is 0.417. The Morgan fingerprint density at radius 3 is 2.85 bits per heavy atom. The third kappa shape index (κ3) is 4.09. The molecule has 0 aromatic heterocycles. The number of nitrogens with one attached hydrogen (secondary N) is 1. The van der Waals surface area contributed by atoms with Crippen LogP contribution >= 0.6 is 0 Å². The van der Waals surface area contributed by atoms with Gasteiger partial charge >= 0.3 is 5.69 Å². The lowest BCUT2D eigenvalue weighted by atomic mass is 10.2. The van der Waals surface area contributed by atoms with E-state index in [2.05, 4.69) is 10.5 Å². The fourth-order valence-corrected chi connectivity index (χ4v) is 1.49. The van der Waals surface area contributed by atoms with E-state index >= 15 is 0 Å². The molecule has 0 aliphatic heterocycles. The summed E-state index contributed by atoms with van der Waals surface area (Å²) < 4.78 is 10.4. The molecule has 0 spiro atoms. The van der Waals surface area contributed by atoms with Gasteiger partial charge in [-0.1, -0.05) is 0 Å². The van der Waals surface area contributed by atoms with Crippen LogP contribution in [-0.4, -0.2) is 43.1 Å². The highest BCUT2D eigenvalue weighted by atomic mass is 16.6. The number of aliphatic hydroxyl groups excluding tert-OH is 1. The molecule has 0 saturated heterocycles. The first-order chi connectivity index (χ1) is 9.63. The van der Waals surface area contributed by atoms with Crippen molar-refractivity contribution in [3.05, 3.63) is 27.8 Å². The largest absolute Gasteiger partial charge is 0.493 e. The van der Waals surface area contributed by atoms with E-state index in [4.69, 9.17) is 14.6 Å². The van der Waals surface area contributed by atoms with Crippen molar-refractivity contribution in [1.82, 2.24) is 5.43 Å². The number of nitrogens with zero attached hydrogens (tertiary/aromatic N) is 2. The minimum Gasteiger partial charge on any atom is -0.493 e. The van der Waals surface area contributed by atoms with Crippen LogP contribution in [0.2, 0.25) is 0 Å². The molecule has 1 rings (SSSR count). The second-order valence-electron chi connectivity index (χ2n) is 3.65. The van der Waals surface area contributed by atoms with E-state index in [1.54, 1.807) is 13.0 Å². The Bertz CT molecular complexity index is 490. The topological polar surface area (TPSA) is 106 Å². The van der Waals surface area contributed by atoms with Crippen molar-refractivity contribution in [2.24, 2.45) is 5.10 Å². The van der Waals surface area contributed by atoms with Crippen molar-refractivity contribution in [3.63, 3.8) is 0 Å². The van der Waals surface area contributed by atoms with Gasteiger partial charge < -0.3 is 20.0 Å². The molecule has 8 heteroatoms. The van der Waals surface area contributed by atoms with Gasteiger partial charge in [0.2, 0.25) is 5.75 Å². The SMILES string of the molecule is CCOc1c(OC)cc(C=NNCCO)cc1[N+](=O)[O-]. The zero-order chi connectivity index (χ0) is 15.0. The van der Waals surface area contributed by atoms with Gasteiger partial charge in [0.25, 0.3) is 0 Å². The van der Waals surface area contributed by atoms with Crippen LogP contribution in [-0.2, 0) is 0 Å².